The molecule has 3 nitrogen and oxygen atoms in total. The fourth-order valence-corrected chi connectivity index (χ4v) is 2.32. The minimum Gasteiger partial charge on any atom is -0.369 e. The van der Waals surface area contributed by atoms with Crippen LogP contribution in [-0.2, 0) is 0 Å². The van der Waals surface area contributed by atoms with Gasteiger partial charge in [-0.15, -0.1) is 0 Å². The quantitative estimate of drug-likeness (QED) is 0.843. The maximum atomic E-state index is 8.91. The molecule has 0 aliphatic heterocycles. The van der Waals surface area contributed by atoms with Gasteiger partial charge >= 0.3 is 0 Å². The molecule has 1 N–H and O–H groups in total. The van der Waals surface area contributed by atoms with Crippen LogP contribution in [0.4, 0.5) is 5.82 Å². The summed E-state index contributed by atoms with van der Waals surface area (Å²) in [5.41, 5.74) is 2.08. The number of rotatable bonds is 5. The van der Waals surface area contributed by atoms with Crippen molar-refractivity contribution in [3.8, 4) is 6.07 Å². The van der Waals surface area contributed by atoms with Crippen LogP contribution in [0.3, 0.4) is 0 Å². The van der Waals surface area contributed by atoms with E-state index in [1.165, 1.54) is 25.7 Å². The molecule has 1 fully saturated rings. The summed E-state index contributed by atoms with van der Waals surface area (Å²) in [6.45, 7) is 5.14. The number of nitrogens with zero attached hydrogens (tertiary/aromatic N) is 2. The first kappa shape index (κ1) is 11.9. The summed E-state index contributed by atoms with van der Waals surface area (Å²) in [5.74, 6) is 0.837. The smallest absolute Gasteiger partial charge is 0.127 e. The van der Waals surface area contributed by atoms with Crippen molar-refractivity contribution in [1.82, 2.24) is 4.98 Å². The van der Waals surface area contributed by atoms with Crippen LogP contribution in [0.25, 0.3) is 0 Å². The highest BCUT2D eigenvalue weighted by Gasteiger charge is 2.41. The van der Waals surface area contributed by atoms with Crippen molar-refractivity contribution in [2.45, 2.75) is 39.5 Å². The fraction of sp³-hybridized carbons (Fsp3) is 0.571. The molecule has 1 heterocycles. The van der Waals surface area contributed by atoms with Crippen molar-refractivity contribution in [2.75, 3.05) is 11.9 Å². The van der Waals surface area contributed by atoms with Crippen molar-refractivity contribution in [3.05, 3.63) is 23.4 Å². The summed E-state index contributed by atoms with van der Waals surface area (Å²) >= 11 is 0. The number of hydrogen-bond donors (Lipinski definition) is 1. The van der Waals surface area contributed by atoms with E-state index in [4.69, 9.17) is 5.26 Å². The summed E-state index contributed by atoms with van der Waals surface area (Å²) in [7, 11) is 0. The van der Waals surface area contributed by atoms with Crippen LogP contribution < -0.4 is 5.32 Å². The SMILES string of the molecule is CCCC1(CNc2cc(C#N)cc(C)n2)CC1. The molecular formula is C14H19N3. The standard InChI is InChI=1S/C14H19N3/c1-3-4-14(5-6-14)10-16-13-8-12(9-15)7-11(2)17-13/h7-8H,3-6,10H2,1-2H3,(H,16,17). The molecule has 17 heavy (non-hydrogen) atoms. The van der Waals surface area contributed by atoms with Crippen LogP contribution in [0.15, 0.2) is 12.1 Å². The molecule has 1 aromatic rings. The van der Waals surface area contributed by atoms with Gasteiger partial charge in [0.25, 0.3) is 0 Å². The zero-order chi connectivity index (χ0) is 12.3. The predicted octanol–water partition coefficient (Wildman–Crippen LogP) is 3.25. The molecule has 0 spiro atoms. The minimum absolute atomic E-state index is 0.507. The highest BCUT2D eigenvalue weighted by Crippen LogP contribution is 2.49. The molecule has 0 aromatic carbocycles. The average molecular weight is 229 g/mol. The molecule has 0 saturated heterocycles. The zero-order valence-electron chi connectivity index (χ0n) is 10.6. The van der Waals surface area contributed by atoms with Gasteiger partial charge in [-0.1, -0.05) is 13.3 Å². The lowest BCUT2D eigenvalue weighted by atomic mass is 10.0. The second-order valence-corrected chi connectivity index (χ2v) is 5.10. The van der Waals surface area contributed by atoms with Crippen LogP contribution in [0, 0.1) is 23.7 Å². The molecule has 0 amide bonds. The topological polar surface area (TPSA) is 48.7 Å². The van der Waals surface area contributed by atoms with E-state index in [2.05, 4.69) is 23.3 Å². The highest BCUT2D eigenvalue weighted by molar-refractivity contribution is 5.44. The monoisotopic (exact) mass is 229 g/mol. The first-order chi connectivity index (χ1) is 8.17. The molecule has 0 unspecified atom stereocenters. The first-order valence-electron chi connectivity index (χ1n) is 6.30. The van der Waals surface area contributed by atoms with E-state index in [1.54, 1.807) is 0 Å². The Morgan fingerprint density at radius 3 is 2.82 bits per heavy atom. The minimum atomic E-state index is 0.507. The molecule has 1 saturated carbocycles. The summed E-state index contributed by atoms with van der Waals surface area (Å²) in [5, 5.41) is 12.3. The van der Waals surface area contributed by atoms with E-state index in [0.717, 1.165) is 18.1 Å². The van der Waals surface area contributed by atoms with Gasteiger partial charge in [0, 0.05) is 12.2 Å². The third-order valence-corrected chi connectivity index (χ3v) is 3.46. The molecule has 1 aliphatic rings. The Balaban J connectivity index is 2.00. The van der Waals surface area contributed by atoms with Gasteiger partial charge in [-0.3, -0.25) is 0 Å². The Bertz CT molecular complexity index is 441. The molecule has 0 atom stereocenters. The van der Waals surface area contributed by atoms with Gasteiger partial charge in [-0.25, -0.2) is 4.98 Å². The largest absolute Gasteiger partial charge is 0.369 e. The predicted molar refractivity (Wildman–Crippen MR) is 68.8 cm³/mol. The fourth-order valence-electron chi connectivity index (χ4n) is 2.32. The number of aryl methyl sites for hydroxylation is 1. The lowest BCUT2D eigenvalue weighted by Gasteiger charge is -2.15. The second kappa shape index (κ2) is 4.75. The van der Waals surface area contributed by atoms with Crippen LogP contribution in [0.2, 0.25) is 0 Å². The van der Waals surface area contributed by atoms with Gasteiger partial charge in [0.05, 0.1) is 11.6 Å². The van der Waals surface area contributed by atoms with Crippen LogP contribution in [-0.4, -0.2) is 11.5 Å². The lowest BCUT2D eigenvalue weighted by Crippen LogP contribution is -2.16. The number of pyridine rings is 1. The summed E-state index contributed by atoms with van der Waals surface area (Å²) < 4.78 is 0. The molecule has 0 bridgehead atoms. The van der Waals surface area contributed by atoms with E-state index < -0.39 is 0 Å². The molecule has 0 radical (unpaired) electrons. The Labute approximate surface area is 103 Å². The average Bonchev–Trinajstić information content (AvgIpc) is 3.07. The molecule has 2 rings (SSSR count). The Hall–Kier alpha value is -1.56. The molecular weight excluding hydrogens is 210 g/mol. The van der Waals surface area contributed by atoms with Crippen LogP contribution in [0.5, 0.6) is 0 Å². The summed E-state index contributed by atoms with van der Waals surface area (Å²) in [6, 6.07) is 5.80. The lowest BCUT2D eigenvalue weighted by molar-refractivity contribution is 0.485. The van der Waals surface area contributed by atoms with Crippen LogP contribution >= 0.6 is 0 Å². The maximum Gasteiger partial charge on any atom is 0.127 e. The van der Waals surface area contributed by atoms with Gasteiger partial charge in [-0.2, -0.15) is 5.26 Å². The van der Waals surface area contributed by atoms with Crippen molar-refractivity contribution < 1.29 is 0 Å². The van der Waals surface area contributed by atoms with E-state index in [-0.39, 0.29) is 0 Å². The van der Waals surface area contributed by atoms with E-state index in [9.17, 15) is 0 Å². The Kier molecular flexibility index (Phi) is 3.33. The second-order valence-electron chi connectivity index (χ2n) is 5.10. The van der Waals surface area contributed by atoms with Crippen LogP contribution in [0.1, 0.15) is 43.9 Å². The van der Waals surface area contributed by atoms with Crippen molar-refractivity contribution in [2.24, 2.45) is 5.41 Å². The number of aromatic nitrogens is 1. The Morgan fingerprint density at radius 2 is 2.24 bits per heavy atom. The molecule has 1 aliphatic carbocycles. The number of hydrogen-bond acceptors (Lipinski definition) is 3. The van der Waals surface area contributed by atoms with Gasteiger partial charge in [0.15, 0.2) is 0 Å². The zero-order valence-corrected chi connectivity index (χ0v) is 10.6. The first-order valence-corrected chi connectivity index (χ1v) is 6.30. The molecule has 1 aromatic heterocycles. The Morgan fingerprint density at radius 1 is 1.47 bits per heavy atom. The van der Waals surface area contributed by atoms with Gasteiger partial charge in [0.2, 0.25) is 0 Å². The van der Waals surface area contributed by atoms with Gasteiger partial charge < -0.3 is 5.32 Å². The highest BCUT2D eigenvalue weighted by atomic mass is 15.0. The number of nitriles is 1. The van der Waals surface area contributed by atoms with E-state index in [1.807, 2.05) is 19.1 Å². The normalized spacial score (nSPS) is 16.3. The van der Waals surface area contributed by atoms with E-state index >= 15 is 0 Å². The van der Waals surface area contributed by atoms with Gasteiger partial charge in [0.1, 0.15) is 5.82 Å². The molecule has 90 valence electrons. The summed E-state index contributed by atoms with van der Waals surface area (Å²) in [6.07, 6.45) is 5.18. The van der Waals surface area contributed by atoms with Crippen molar-refractivity contribution in [3.63, 3.8) is 0 Å². The third-order valence-electron chi connectivity index (χ3n) is 3.46. The third kappa shape index (κ3) is 2.97. The van der Waals surface area contributed by atoms with Crippen molar-refractivity contribution >= 4 is 5.82 Å². The number of anilines is 1. The summed E-state index contributed by atoms with van der Waals surface area (Å²) in [4.78, 5) is 4.41. The number of nitrogens with one attached hydrogen (secondary N) is 1. The molecule has 3 heteroatoms. The van der Waals surface area contributed by atoms with Gasteiger partial charge in [-0.05, 0) is 43.7 Å². The van der Waals surface area contributed by atoms with E-state index in [0.29, 0.717) is 11.0 Å². The maximum absolute atomic E-state index is 8.91. The van der Waals surface area contributed by atoms with Crippen molar-refractivity contribution in [1.29, 1.82) is 5.26 Å².